The normalized spacial score (nSPS) is 15.1. The van der Waals surface area contributed by atoms with Gasteiger partial charge in [-0.15, -0.1) is 0 Å². The maximum absolute atomic E-state index is 14.6. The predicted molar refractivity (Wildman–Crippen MR) is 79.5 cm³/mol. The van der Waals surface area contributed by atoms with E-state index in [-0.39, 0.29) is 17.5 Å². The van der Waals surface area contributed by atoms with Gasteiger partial charge in [-0.2, -0.15) is 0 Å². The summed E-state index contributed by atoms with van der Waals surface area (Å²) in [7, 11) is 0. The zero-order valence-electron chi connectivity index (χ0n) is 12.1. The van der Waals surface area contributed by atoms with Crippen LogP contribution in [0.25, 0.3) is 0 Å². The van der Waals surface area contributed by atoms with Crippen molar-refractivity contribution in [3.05, 3.63) is 71.0 Å². The first-order valence-corrected chi connectivity index (χ1v) is 6.82. The molecule has 2 atom stereocenters. The van der Waals surface area contributed by atoms with Crippen LogP contribution in [0.4, 0.5) is 8.78 Å². The van der Waals surface area contributed by atoms with Crippen LogP contribution in [0, 0.1) is 5.82 Å². The molecule has 3 nitrogen and oxygen atoms in total. The molecule has 0 aliphatic carbocycles. The van der Waals surface area contributed by atoms with E-state index in [1.807, 2.05) is 0 Å². The van der Waals surface area contributed by atoms with Crippen molar-refractivity contribution in [3.8, 4) is 0 Å². The van der Waals surface area contributed by atoms with Gasteiger partial charge in [0.1, 0.15) is 17.6 Å². The van der Waals surface area contributed by atoms with Crippen LogP contribution >= 0.6 is 0 Å². The number of rotatable bonds is 5. The Morgan fingerprint density at radius 1 is 1.23 bits per heavy atom. The van der Waals surface area contributed by atoms with Crippen LogP contribution in [0.2, 0.25) is 0 Å². The number of alkyl halides is 1. The van der Waals surface area contributed by atoms with Gasteiger partial charge in [0.25, 0.3) is 0 Å². The number of hydrogen-bond acceptors (Lipinski definition) is 2. The third kappa shape index (κ3) is 3.31. The molecule has 0 saturated carbocycles. The molecule has 0 aromatic heterocycles. The van der Waals surface area contributed by atoms with Crippen molar-refractivity contribution in [2.24, 2.45) is 5.73 Å². The molecule has 0 aliphatic rings. The molecule has 0 heterocycles. The van der Waals surface area contributed by atoms with Gasteiger partial charge in [0.15, 0.2) is 0 Å². The molecule has 0 fully saturated rings. The SMILES string of the molecule is CC(O)(c1ccc(F)cc1)C(F)Cc1ccccc1C(N)=O. The minimum Gasteiger partial charge on any atom is -0.382 e. The minimum atomic E-state index is -1.81. The van der Waals surface area contributed by atoms with E-state index < -0.39 is 23.5 Å². The highest BCUT2D eigenvalue weighted by molar-refractivity contribution is 5.94. The van der Waals surface area contributed by atoms with E-state index in [0.29, 0.717) is 5.56 Å². The standard InChI is InChI=1S/C17H17F2NO2/c1-17(22,12-6-8-13(18)9-7-12)15(19)10-11-4-2-3-5-14(11)16(20)21/h2-9,15,22H,10H2,1H3,(H2,20,21). The van der Waals surface area contributed by atoms with Gasteiger partial charge in [0, 0.05) is 12.0 Å². The first-order chi connectivity index (χ1) is 10.3. The summed E-state index contributed by atoms with van der Waals surface area (Å²) < 4.78 is 27.5. The molecule has 0 saturated heterocycles. The lowest BCUT2D eigenvalue weighted by Gasteiger charge is -2.28. The number of benzene rings is 2. The summed E-state index contributed by atoms with van der Waals surface area (Å²) in [6.07, 6.45) is -1.86. The fourth-order valence-corrected chi connectivity index (χ4v) is 2.30. The predicted octanol–water partition coefficient (Wildman–Crippen LogP) is 2.71. The average Bonchev–Trinajstić information content (AvgIpc) is 2.48. The first-order valence-electron chi connectivity index (χ1n) is 6.82. The molecular weight excluding hydrogens is 288 g/mol. The van der Waals surface area contributed by atoms with Gasteiger partial charge in [-0.3, -0.25) is 4.79 Å². The Kier molecular flexibility index (Phi) is 4.56. The monoisotopic (exact) mass is 305 g/mol. The second-order valence-electron chi connectivity index (χ2n) is 5.35. The summed E-state index contributed by atoms with van der Waals surface area (Å²) in [6.45, 7) is 1.32. The molecule has 5 heteroatoms. The van der Waals surface area contributed by atoms with Crippen LogP contribution in [-0.4, -0.2) is 17.2 Å². The second-order valence-corrected chi connectivity index (χ2v) is 5.35. The quantitative estimate of drug-likeness (QED) is 0.892. The van der Waals surface area contributed by atoms with E-state index in [1.54, 1.807) is 18.2 Å². The molecule has 2 rings (SSSR count). The van der Waals surface area contributed by atoms with Crippen LogP contribution in [-0.2, 0) is 12.0 Å². The molecule has 2 unspecified atom stereocenters. The highest BCUT2D eigenvalue weighted by atomic mass is 19.1. The zero-order valence-corrected chi connectivity index (χ0v) is 12.1. The molecule has 3 N–H and O–H groups in total. The van der Waals surface area contributed by atoms with Crippen molar-refractivity contribution in [1.29, 1.82) is 0 Å². The fourth-order valence-electron chi connectivity index (χ4n) is 2.30. The number of nitrogens with two attached hydrogens (primary N) is 1. The Morgan fingerprint density at radius 2 is 1.82 bits per heavy atom. The lowest BCUT2D eigenvalue weighted by molar-refractivity contribution is -0.0241. The van der Waals surface area contributed by atoms with Crippen LogP contribution in [0.3, 0.4) is 0 Å². The van der Waals surface area contributed by atoms with Crippen molar-refractivity contribution in [2.75, 3.05) is 0 Å². The Hall–Kier alpha value is -2.27. The van der Waals surface area contributed by atoms with Crippen molar-refractivity contribution in [1.82, 2.24) is 0 Å². The van der Waals surface area contributed by atoms with Crippen LogP contribution in [0.5, 0.6) is 0 Å². The summed E-state index contributed by atoms with van der Waals surface area (Å²) in [5.74, 6) is -1.11. The third-order valence-corrected chi connectivity index (χ3v) is 3.72. The second kappa shape index (κ2) is 6.23. The molecule has 22 heavy (non-hydrogen) atoms. The molecule has 2 aromatic rings. The molecule has 2 aromatic carbocycles. The van der Waals surface area contributed by atoms with Gasteiger partial charge in [0.2, 0.25) is 5.91 Å². The molecule has 0 aliphatic heterocycles. The summed E-state index contributed by atoms with van der Waals surface area (Å²) in [5.41, 5.74) is 4.36. The van der Waals surface area contributed by atoms with Crippen molar-refractivity contribution >= 4 is 5.91 Å². The first kappa shape index (κ1) is 16.1. The fraction of sp³-hybridized carbons (Fsp3) is 0.235. The number of hydrogen-bond donors (Lipinski definition) is 2. The van der Waals surface area contributed by atoms with Gasteiger partial charge < -0.3 is 10.8 Å². The van der Waals surface area contributed by atoms with E-state index in [9.17, 15) is 18.7 Å². The molecule has 0 radical (unpaired) electrons. The number of primary amides is 1. The van der Waals surface area contributed by atoms with Crippen molar-refractivity contribution < 1.29 is 18.7 Å². The maximum Gasteiger partial charge on any atom is 0.248 e. The van der Waals surface area contributed by atoms with E-state index >= 15 is 0 Å². The number of halogens is 2. The number of amides is 1. The smallest absolute Gasteiger partial charge is 0.248 e. The Balaban J connectivity index is 2.26. The van der Waals surface area contributed by atoms with E-state index in [4.69, 9.17) is 5.73 Å². The number of carbonyl (C=O) groups excluding carboxylic acids is 1. The van der Waals surface area contributed by atoms with Crippen molar-refractivity contribution in [3.63, 3.8) is 0 Å². The molecule has 0 spiro atoms. The Bertz CT molecular complexity index is 669. The van der Waals surface area contributed by atoms with Crippen LogP contribution < -0.4 is 5.73 Å². The molecule has 0 bridgehead atoms. The number of aliphatic hydroxyl groups is 1. The van der Waals surface area contributed by atoms with E-state index in [1.165, 1.54) is 25.1 Å². The summed E-state index contributed by atoms with van der Waals surface area (Å²) in [4.78, 5) is 11.4. The Morgan fingerprint density at radius 3 is 2.41 bits per heavy atom. The van der Waals surface area contributed by atoms with Gasteiger partial charge in [-0.25, -0.2) is 8.78 Å². The largest absolute Gasteiger partial charge is 0.382 e. The summed E-state index contributed by atoms with van der Waals surface area (Å²) in [6, 6.07) is 11.4. The number of carbonyl (C=O) groups is 1. The Labute approximate surface area is 127 Å². The lowest BCUT2D eigenvalue weighted by atomic mass is 9.86. The highest BCUT2D eigenvalue weighted by Crippen LogP contribution is 2.30. The van der Waals surface area contributed by atoms with Gasteiger partial charge in [-0.1, -0.05) is 30.3 Å². The lowest BCUT2D eigenvalue weighted by Crippen LogP contribution is -2.35. The van der Waals surface area contributed by atoms with Gasteiger partial charge >= 0.3 is 0 Å². The van der Waals surface area contributed by atoms with Gasteiger partial charge in [-0.05, 0) is 36.2 Å². The molecule has 116 valence electrons. The van der Waals surface area contributed by atoms with Crippen LogP contribution in [0.15, 0.2) is 48.5 Å². The summed E-state index contributed by atoms with van der Waals surface area (Å²) >= 11 is 0. The highest BCUT2D eigenvalue weighted by Gasteiger charge is 2.34. The molecule has 1 amide bonds. The average molecular weight is 305 g/mol. The summed E-state index contributed by atoms with van der Waals surface area (Å²) in [5, 5.41) is 10.4. The van der Waals surface area contributed by atoms with E-state index in [0.717, 1.165) is 12.1 Å². The minimum absolute atomic E-state index is 0.177. The third-order valence-electron chi connectivity index (χ3n) is 3.72. The van der Waals surface area contributed by atoms with Crippen molar-refractivity contribution in [2.45, 2.75) is 25.1 Å². The topological polar surface area (TPSA) is 63.3 Å². The van der Waals surface area contributed by atoms with E-state index in [2.05, 4.69) is 0 Å². The van der Waals surface area contributed by atoms with Gasteiger partial charge in [0.05, 0.1) is 0 Å². The zero-order chi connectivity index (χ0) is 16.3. The molecular formula is C17H17F2NO2. The maximum atomic E-state index is 14.6. The van der Waals surface area contributed by atoms with Crippen LogP contribution in [0.1, 0.15) is 28.4 Å².